The highest BCUT2D eigenvalue weighted by Gasteiger charge is 2.26. The summed E-state index contributed by atoms with van der Waals surface area (Å²) in [5, 5.41) is 4.32. The van der Waals surface area contributed by atoms with E-state index in [1.807, 2.05) is 23.1 Å². The number of carbonyl (C=O) groups is 1. The fourth-order valence-electron chi connectivity index (χ4n) is 2.41. The van der Waals surface area contributed by atoms with E-state index in [2.05, 4.69) is 17.1 Å². The number of aromatic nitrogens is 1. The van der Waals surface area contributed by atoms with Crippen molar-refractivity contribution in [3.8, 4) is 11.3 Å². The molecule has 0 saturated carbocycles. The molecule has 1 fully saturated rings. The Bertz CT molecular complexity index is 648. The third kappa shape index (κ3) is 2.80. The Hall–Kier alpha value is -1.85. The van der Waals surface area contributed by atoms with Crippen molar-refractivity contribution >= 4 is 17.5 Å². The van der Waals surface area contributed by atoms with Crippen molar-refractivity contribution in [2.45, 2.75) is 0 Å². The van der Waals surface area contributed by atoms with E-state index in [1.54, 1.807) is 6.07 Å². The lowest BCUT2D eigenvalue weighted by Crippen LogP contribution is -2.47. The van der Waals surface area contributed by atoms with Crippen molar-refractivity contribution in [2.24, 2.45) is 0 Å². The lowest BCUT2D eigenvalue weighted by molar-refractivity contribution is 0.0664. The molecule has 110 valence electrons. The number of hydrogen-bond donors (Lipinski definition) is 0. The Morgan fingerprint density at radius 3 is 2.67 bits per heavy atom. The molecule has 5 nitrogen and oxygen atoms in total. The molecule has 0 radical (unpaired) electrons. The van der Waals surface area contributed by atoms with Crippen LogP contribution in [0.1, 0.15) is 10.4 Å². The predicted octanol–water partition coefficient (Wildman–Crippen LogP) is 2.38. The molecular weight excluding hydrogens is 290 g/mol. The van der Waals surface area contributed by atoms with Gasteiger partial charge in [0.25, 0.3) is 5.91 Å². The van der Waals surface area contributed by atoms with Crippen molar-refractivity contribution < 1.29 is 9.32 Å². The van der Waals surface area contributed by atoms with Gasteiger partial charge in [0, 0.05) is 31.7 Å². The number of carbonyl (C=O) groups excluding carboxylic acids is 1. The quantitative estimate of drug-likeness (QED) is 0.855. The van der Waals surface area contributed by atoms with Crippen molar-refractivity contribution in [3.63, 3.8) is 0 Å². The maximum absolute atomic E-state index is 12.6. The first kappa shape index (κ1) is 14.1. The number of hydrogen-bond acceptors (Lipinski definition) is 4. The monoisotopic (exact) mass is 305 g/mol. The first-order valence-electron chi connectivity index (χ1n) is 6.84. The first-order chi connectivity index (χ1) is 10.2. The van der Waals surface area contributed by atoms with Gasteiger partial charge in [-0.1, -0.05) is 28.9 Å². The second-order valence-corrected chi connectivity index (χ2v) is 5.55. The van der Waals surface area contributed by atoms with Crippen molar-refractivity contribution in [2.75, 3.05) is 33.2 Å². The van der Waals surface area contributed by atoms with Gasteiger partial charge in [0.2, 0.25) is 0 Å². The van der Waals surface area contributed by atoms with E-state index in [9.17, 15) is 4.79 Å². The zero-order valence-electron chi connectivity index (χ0n) is 11.8. The summed E-state index contributed by atoms with van der Waals surface area (Å²) in [6, 6.07) is 7.28. The maximum Gasteiger partial charge on any atom is 0.259 e. The number of likely N-dealkylation sites (N-methyl/N-ethyl adjacent to an activating group) is 1. The highest BCUT2D eigenvalue weighted by atomic mass is 35.5. The molecule has 0 unspecified atom stereocenters. The lowest BCUT2D eigenvalue weighted by atomic mass is 10.1. The second kappa shape index (κ2) is 5.87. The van der Waals surface area contributed by atoms with Gasteiger partial charge in [0.1, 0.15) is 5.56 Å². The Kier molecular flexibility index (Phi) is 3.94. The van der Waals surface area contributed by atoms with Gasteiger partial charge in [0.15, 0.2) is 5.76 Å². The average Bonchev–Trinajstić information content (AvgIpc) is 2.97. The summed E-state index contributed by atoms with van der Waals surface area (Å²) in [5.41, 5.74) is 1.15. The maximum atomic E-state index is 12.6. The summed E-state index contributed by atoms with van der Waals surface area (Å²) < 4.78 is 5.27. The molecule has 1 aliphatic heterocycles. The summed E-state index contributed by atoms with van der Waals surface area (Å²) in [4.78, 5) is 16.7. The Morgan fingerprint density at radius 2 is 1.95 bits per heavy atom. The highest BCUT2D eigenvalue weighted by Crippen LogP contribution is 2.30. The van der Waals surface area contributed by atoms with Gasteiger partial charge in [-0.15, -0.1) is 0 Å². The lowest BCUT2D eigenvalue weighted by Gasteiger charge is -2.32. The molecule has 6 heteroatoms. The van der Waals surface area contributed by atoms with Crippen LogP contribution in [0.2, 0.25) is 5.02 Å². The fourth-order valence-corrected chi connectivity index (χ4v) is 2.63. The molecule has 2 aromatic rings. The molecular formula is C15H16ClN3O2. The van der Waals surface area contributed by atoms with Gasteiger partial charge in [-0.3, -0.25) is 4.79 Å². The standard InChI is InChI=1S/C15H16ClN3O2/c1-18-6-8-19(9-7-18)15(20)12-10-17-21-14(12)11-4-2-3-5-13(11)16/h2-5,10H,6-9H2,1H3. The van der Waals surface area contributed by atoms with Crippen LogP contribution in [0, 0.1) is 0 Å². The third-order valence-electron chi connectivity index (χ3n) is 3.71. The molecule has 1 aliphatic rings. The molecule has 1 aromatic heterocycles. The van der Waals surface area contributed by atoms with Crippen LogP contribution < -0.4 is 0 Å². The normalized spacial score (nSPS) is 16.2. The van der Waals surface area contributed by atoms with Crippen molar-refractivity contribution in [1.29, 1.82) is 0 Å². The summed E-state index contributed by atoms with van der Waals surface area (Å²) in [6.45, 7) is 3.17. The molecule has 3 rings (SSSR count). The molecule has 1 saturated heterocycles. The largest absolute Gasteiger partial charge is 0.355 e. The van der Waals surface area contributed by atoms with E-state index in [0.717, 1.165) is 13.1 Å². The fraction of sp³-hybridized carbons (Fsp3) is 0.333. The number of halogens is 1. The Balaban J connectivity index is 1.89. The zero-order valence-corrected chi connectivity index (χ0v) is 12.5. The van der Waals surface area contributed by atoms with Crippen LogP contribution in [-0.2, 0) is 0 Å². The molecule has 0 bridgehead atoms. The molecule has 2 heterocycles. The van der Waals surface area contributed by atoms with E-state index < -0.39 is 0 Å². The SMILES string of the molecule is CN1CCN(C(=O)c2cnoc2-c2ccccc2Cl)CC1. The van der Waals surface area contributed by atoms with Crippen LogP contribution in [0.15, 0.2) is 35.0 Å². The summed E-state index contributed by atoms with van der Waals surface area (Å²) in [5.74, 6) is 0.379. The van der Waals surface area contributed by atoms with Crippen molar-refractivity contribution in [1.82, 2.24) is 15.0 Å². The van der Waals surface area contributed by atoms with Crippen molar-refractivity contribution in [3.05, 3.63) is 41.0 Å². The third-order valence-corrected chi connectivity index (χ3v) is 4.04. The molecule has 21 heavy (non-hydrogen) atoms. The summed E-state index contributed by atoms with van der Waals surface area (Å²) >= 11 is 6.18. The first-order valence-corrected chi connectivity index (χ1v) is 7.22. The number of benzene rings is 1. The summed E-state index contributed by atoms with van der Waals surface area (Å²) in [6.07, 6.45) is 1.47. The number of amides is 1. The van der Waals surface area contributed by atoms with Gasteiger partial charge in [-0.2, -0.15) is 0 Å². The second-order valence-electron chi connectivity index (χ2n) is 5.14. The minimum Gasteiger partial charge on any atom is -0.355 e. The molecule has 1 aromatic carbocycles. The minimum absolute atomic E-state index is 0.0562. The van der Waals surface area contributed by atoms with E-state index in [0.29, 0.717) is 35.0 Å². The van der Waals surface area contributed by atoms with Crippen LogP contribution >= 0.6 is 11.6 Å². The predicted molar refractivity (Wildman–Crippen MR) is 80.3 cm³/mol. The smallest absolute Gasteiger partial charge is 0.259 e. The van der Waals surface area contributed by atoms with E-state index >= 15 is 0 Å². The Morgan fingerprint density at radius 1 is 1.24 bits per heavy atom. The highest BCUT2D eigenvalue weighted by molar-refractivity contribution is 6.33. The van der Waals surface area contributed by atoms with E-state index in [-0.39, 0.29) is 5.91 Å². The minimum atomic E-state index is -0.0562. The summed E-state index contributed by atoms with van der Waals surface area (Å²) in [7, 11) is 2.05. The topological polar surface area (TPSA) is 49.6 Å². The van der Waals surface area contributed by atoms with Gasteiger partial charge >= 0.3 is 0 Å². The molecule has 0 N–H and O–H groups in total. The van der Waals surface area contributed by atoms with Crippen LogP contribution in [0.4, 0.5) is 0 Å². The van der Waals surface area contributed by atoms with Crippen LogP contribution in [-0.4, -0.2) is 54.1 Å². The van der Waals surface area contributed by atoms with E-state index in [4.69, 9.17) is 16.1 Å². The molecule has 0 aliphatic carbocycles. The van der Waals surface area contributed by atoms with Crippen LogP contribution in [0.5, 0.6) is 0 Å². The van der Waals surface area contributed by atoms with Gasteiger partial charge < -0.3 is 14.3 Å². The van der Waals surface area contributed by atoms with Gasteiger partial charge in [-0.05, 0) is 19.2 Å². The zero-order chi connectivity index (χ0) is 14.8. The van der Waals surface area contributed by atoms with Gasteiger partial charge in [0.05, 0.1) is 11.2 Å². The number of nitrogens with zero attached hydrogens (tertiary/aromatic N) is 3. The van der Waals surface area contributed by atoms with E-state index in [1.165, 1.54) is 6.20 Å². The number of rotatable bonds is 2. The number of piperazine rings is 1. The molecule has 1 amide bonds. The molecule has 0 atom stereocenters. The Labute approximate surface area is 128 Å². The average molecular weight is 306 g/mol. The van der Waals surface area contributed by atoms with Crippen LogP contribution in [0.25, 0.3) is 11.3 Å². The van der Waals surface area contributed by atoms with Gasteiger partial charge in [-0.25, -0.2) is 0 Å². The van der Waals surface area contributed by atoms with Crippen LogP contribution in [0.3, 0.4) is 0 Å². The molecule has 0 spiro atoms.